The molecule has 3 heterocycles. The summed E-state index contributed by atoms with van der Waals surface area (Å²) >= 11 is 0. The monoisotopic (exact) mass is 398 g/mol. The molecule has 0 bridgehead atoms. The van der Waals surface area contributed by atoms with E-state index >= 15 is 0 Å². The van der Waals surface area contributed by atoms with Gasteiger partial charge in [0.05, 0.1) is 0 Å². The molecule has 0 saturated carbocycles. The third-order valence-electron chi connectivity index (χ3n) is 5.09. The maximum absolute atomic E-state index is 14.3. The van der Waals surface area contributed by atoms with E-state index in [4.69, 9.17) is 4.52 Å². The molecule has 29 heavy (non-hydrogen) atoms. The number of aryl methyl sites for hydroxylation is 2. The van der Waals surface area contributed by atoms with Crippen LogP contribution in [-0.2, 0) is 6.42 Å². The van der Waals surface area contributed by atoms with Gasteiger partial charge in [-0.2, -0.15) is 4.98 Å². The Balaban J connectivity index is 1.52. The van der Waals surface area contributed by atoms with E-state index in [-0.39, 0.29) is 17.6 Å². The Morgan fingerprint density at radius 1 is 1.24 bits per heavy atom. The zero-order valence-electron chi connectivity index (χ0n) is 16.5. The van der Waals surface area contributed by atoms with E-state index < -0.39 is 5.82 Å². The predicted molar refractivity (Wildman–Crippen MR) is 102 cm³/mol. The Hall–Kier alpha value is -3.10. The summed E-state index contributed by atoms with van der Waals surface area (Å²) in [6.07, 6.45) is 2.90. The minimum atomic E-state index is -0.399. The second kappa shape index (κ2) is 8.10. The number of carbonyl (C=O) groups is 1. The van der Waals surface area contributed by atoms with Gasteiger partial charge in [0, 0.05) is 25.4 Å². The molecule has 1 aliphatic heterocycles. The Kier molecular flexibility index (Phi) is 5.37. The molecule has 1 amide bonds. The van der Waals surface area contributed by atoms with Crippen LogP contribution in [0.3, 0.4) is 0 Å². The molecule has 1 aliphatic rings. The molecule has 1 fully saturated rings. The van der Waals surface area contributed by atoms with E-state index in [0.717, 1.165) is 19.3 Å². The Bertz CT molecular complexity index is 1010. The first-order chi connectivity index (χ1) is 14.1. The van der Waals surface area contributed by atoms with Gasteiger partial charge in [-0.15, -0.1) is 5.10 Å². The van der Waals surface area contributed by atoms with E-state index in [1.165, 1.54) is 10.7 Å². The fraction of sp³-hybridized carbons (Fsp3) is 0.450. The number of hydrogen-bond acceptors (Lipinski definition) is 6. The SMILES string of the molecule is CCCc1nc(C(=O)N2CCC(c3nc(C)no3)CC2)nn1-c1ccccc1F. The third-order valence-corrected chi connectivity index (χ3v) is 5.09. The first-order valence-corrected chi connectivity index (χ1v) is 9.87. The first-order valence-electron chi connectivity index (χ1n) is 9.87. The number of rotatable bonds is 5. The van der Waals surface area contributed by atoms with E-state index in [0.29, 0.717) is 42.7 Å². The molecular formula is C20H23FN6O2. The molecule has 152 valence electrons. The van der Waals surface area contributed by atoms with E-state index in [1.54, 1.807) is 30.0 Å². The third kappa shape index (κ3) is 3.90. The van der Waals surface area contributed by atoms with Crippen LogP contribution in [0.15, 0.2) is 28.8 Å². The van der Waals surface area contributed by atoms with Gasteiger partial charge in [0.2, 0.25) is 11.7 Å². The summed E-state index contributed by atoms with van der Waals surface area (Å²) in [4.78, 5) is 23.4. The lowest BCUT2D eigenvalue weighted by atomic mass is 9.96. The smallest absolute Gasteiger partial charge is 0.293 e. The van der Waals surface area contributed by atoms with Gasteiger partial charge >= 0.3 is 0 Å². The summed E-state index contributed by atoms with van der Waals surface area (Å²) in [6, 6.07) is 6.37. The van der Waals surface area contributed by atoms with Crippen LogP contribution in [0.2, 0.25) is 0 Å². The molecule has 4 rings (SSSR count). The van der Waals surface area contributed by atoms with Crippen molar-refractivity contribution in [1.82, 2.24) is 29.8 Å². The highest BCUT2D eigenvalue weighted by molar-refractivity contribution is 5.90. The number of nitrogens with zero attached hydrogens (tertiary/aromatic N) is 6. The molecule has 3 aromatic rings. The molecule has 0 unspecified atom stereocenters. The van der Waals surface area contributed by atoms with Crippen molar-refractivity contribution >= 4 is 5.91 Å². The van der Waals surface area contributed by atoms with Crippen molar-refractivity contribution in [2.24, 2.45) is 0 Å². The van der Waals surface area contributed by atoms with Crippen molar-refractivity contribution in [3.05, 3.63) is 53.4 Å². The van der Waals surface area contributed by atoms with Gasteiger partial charge in [0.1, 0.15) is 17.3 Å². The lowest BCUT2D eigenvalue weighted by Gasteiger charge is -2.29. The van der Waals surface area contributed by atoms with Gasteiger partial charge in [0.15, 0.2) is 5.82 Å². The van der Waals surface area contributed by atoms with E-state index in [1.807, 2.05) is 6.92 Å². The van der Waals surface area contributed by atoms with E-state index in [9.17, 15) is 9.18 Å². The minimum Gasteiger partial charge on any atom is -0.339 e. The molecule has 0 radical (unpaired) electrons. The standard InChI is InChI=1S/C20H23FN6O2/c1-3-6-17-23-18(24-27(17)16-8-5-4-7-15(16)21)20(28)26-11-9-14(10-12-26)19-22-13(2)25-29-19/h4-5,7-8,14H,3,6,9-12H2,1-2H3. The van der Waals surface area contributed by atoms with Gasteiger partial charge in [-0.25, -0.2) is 14.1 Å². The van der Waals surface area contributed by atoms with Crippen molar-refractivity contribution in [3.8, 4) is 5.69 Å². The predicted octanol–water partition coefficient (Wildman–Crippen LogP) is 3.07. The summed E-state index contributed by atoms with van der Waals surface area (Å²) in [5.41, 5.74) is 0.299. The number of para-hydroxylation sites is 1. The second-order valence-corrected chi connectivity index (χ2v) is 7.21. The number of halogens is 1. The molecule has 0 aliphatic carbocycles. The van der Waals surface area contributed by atoms with Gasteiger partial charge in [-0.1, -0.05) is 24.2 Å². The Labute approximate surface area is 167 Å². The van der Waals surface area contributed by atoms with Crippen molar-refractivity contribution < 1.29 is 13.7 Å². The number of hydrogen-bond donors (Lipinski definition) is 0. The van der Waals surface area contributed by atoms with Gasteiger partial charge in [0.25, 0.3) is 5.91 Å². The number of benzene rings is 1. The van der Waals surface area contributed by atoms with Crippen LogP contribution in [0.1, 0.15) is 60.3 Å². The minimum absolute atomic E-state index is 0.101. The normalized spacial score (nSPS) is 15.1. The Morgan fingerprint density at radius 3 is 2.66 bits per heavy atom. The van der Waals surface area contributed by atoms with Gasteiger partial charge < -0.3 is 9.42 Å². The fourth-order valence-corrected chi connectivity index (χ4v) is 3.59. The molecular weight excluding hydrogens is 375 g/mol. The maximum atomic E-state index is 14.3. The maximum Gasteiger partial charge on any atom is 0.293 e. The summed E-state index contributed by atoms with van der Waals surface area (Å²) < 4.78 is 21.0. The fourth-order valence-electron chi connectivity index (χ4n) is 3.59. The number of likely N-dealkylation sites (tertiary alicyclic amines) is 1. The van der Waals surface area contributed by atoms with Crippen molar-refractivity contribution in [3.63, 3.8) is 0 Å². The van der Waals surface area contributed by atoms with Gasteiger partial charge in [-0.3, -0.25) is 4.79 Å². The van der Waals surface area contributed by atoms with Crippen molar-refractivity contribution in [1.29, 1.82) is 0 Å². The molecule has 0 N–H and O–H groups in total. The van der Waals surface area contributed by atoms with Crippen LogP contribution in [0.5, 0.6) is 0 Å². The molecule has 2 aromatic heterocycles. The highest BCUT2D eigenvalue weighted by atomic mass is 19.1. The van der Waals surface area contributed by atoms with Crippen LogP contribution in [0.25, 0.3) is 5.69 Å². The average molecular weight is 398 g/mol. The summed E-state index contributed by atoms with van der Waals surface area (Å²) in [7, 11) is 0. The first kappa shape index (κ1) is 19.2. The van der Waals surface area contributed by atoms with Crippen LogP contribution >= 0.6 is 0 Å². The molecule has 0 spiro atoms. The van der Waals surface area contributed by atoms with Crippen LogP contribution < -0.4 is 0 Å². The van der Waals surface area contributed by atoms with Gasteiger partial charge in [-0.05, 0) is 38.3 Å². The van der Waals surface area contributed by atoms with Crippen molar-refractivity contribution in [2.75, 3.05) is 13.1 Å². The summed E-state index contributed by atoms with van der Waals surface area (Å²) in [5, 5.41) is 8.19. The second-order valence-electron chi connectivity index (χ2n) is 7.21. The lowest BCUT2D eigenvalue weighted by Crippen LogP contribution is -2.38. The Morgan fingerprint density at radius 2 is 2.00 bits per heavy atom. The van der Waals surface area contributed by atoms with Crippen LogP contribution in [0.4, 0.5) is 4.39 Å². The molecule has 0 atom stereocenters. The highest BCUT2D eigenvalue weighted by Crippen LogP contribution is 2.27. The number of aromatic nitrogens is 5. The molecule has 8 nitrogen and oxygen atoms in total. The largest absolute Gasteiger partial charge is 0.339 e. The summed E-state index contributed by atoms with van der Waals surface area (Å²) in [5.74, 6) is 1.44. The van der Waals surface area contributed by atoms with Crippen molar-refractivity contribution in [2.45, 2.75) is 45.4 Å². The number of amides is 1. The molecule has 1 saturated heterocycles. The summed E-state index contributed by atoms with van der Waals surface area (Å²) in [6.45, 7) is 4.91. The lowest BCUT2D eigenvalue weighted by molar-refractivity contribution is 0.0692. The zero-order chi connectivity index (χ0) is 20.4. The average Bonchev–Trinajstić information content (AvgIpc) is 3.35. The number of piperidine rings is 1. The topological polar surface area (TPSA) is 89.9 Å². The van der Waals surface area contributed by atoms with Crippen LogP contribution in [-0.4, -0.2) is 48.8 Å². The number of carbonyl (C=O) groups excluding carboxylic acids is 1. The van der Waals surface area contributed by atoms with E-state index in [2.05, 4.69) is 20.2 Å². The molecule has 1 aromatic carbocycles. The highest BCUT2D eigenvalue weighted by Gasteiger charge is 2.30. The van der Waals surface area contributed by atoms with Crippen LogP contribution in [0, 0.1) is 12.7 Å². The zero-order valence-corrected chi connectivity index (χ0v) is 16.5. The quantitative estimate of drug-likeness (QED) is 0.656. The molecule has 9 heteroatoms.